The molecule has 0 N–H and O–H groups in total. The summed E-state index contributed by atoms with van der Waals surface area (Å²) in [6.07, 6.45) is 4.28. The van der Waals surface area contributed by atoms with E-state index in [0.29, 0.717) is 16.9 Å². The number of rotatable bonds is 3. The Kier molecular flexibility index (Phi) is 2.50. The Bertz CT molecular complexity index is 337. The van der Waals surface area contributed by atoms with E-state index >= 15 is 0 Å². The zero-order chi connectivity index (χ0) is 10.1. The van der Waals surface area contributed by atoms with Crippen LogP contribution in [-0.4, -0.2) is 25.2 Å². The number of anilines is 1. The third-order valence-corrected chi connectivity index (χ3v) is 2.37. The predicted molar refractivity (Wildman–Crippen MR) is 57.2 cm³/mol. The molecule has 0 saturated heterocycles. The van der Waals surface area contributed by atoms with E-state index in [4.69, 9.17) is 16.3 Å². The number of pyridine rings is 1. The van der Waals surface area contributed by atoms with Gasteiger partial charge in [0.1, 0.15) is 0 Å². The van der Waals surface area contributed by atoms with Crippen molar-refractivity contribution >= 4 is 17.4 Å². The van der Waals surface area contributed by atoms with E-state index in [9.17, 15) is 0 Å². The summed E-state index contributed by atoms with van der Waals surface area (Å²) in [5, 5.41) is 0.635. The molecule has 1 heterocycles. The minimum atomic E-state index is 0.343. The van der Waals surface area contributed by atoms with E-state index < -0.39 is 0 Å². The van der Waals surface area contributed by atoms with Crippen LogP contribution >= 0.6 is 11.6 Å². The summed E-state index contributed by atoms with van der Waals surface area (Å²) in [4.78, 5) is 6.14. The monoisotopic (exact) mass is 212 g/mol. The lowest BCUT2D eigenvalue weighted by molar-refractivity contribution is 0.303. The Hall–Kier alpha value is -0.960. The van der Waals surface area contributed by atoms with Gasteiger partial charge in [0.25, 0.3) is 0 Å². The molecular weight excluding hydrogens is 200 g/mol. The summed E-state index contributed by atoms with van der Waals surface area (Å²) >= 11 is 6.05. The van der Waals surface area contributed by atoms with E-state index in [1.54, 1.807) is 12.3 Å². The smallest absolute Gasteiger partial charge is 0.180 e. The first-order chi connectivity index (χ1) is 6.68. The first-order valence-electron chi connectivity index (χ1n) is 4.67. The minimum absolute atomic E-state index is 0.343. The fraction of sp³-hybridized carbons (Fsp3) is 0.500. The molecule has 1 fully saturated rings. The first kappa shape index (κ1) is 9.59. The number of hydrogen-bond acceptors (Lipinski definition) is 3. The molecule has 14 heavy (non-hydrogen) atoms. The first-order valence-corrected chi connectivity index (χ1v) is 5.05. The Labute approximate surface area is 88.6 Å². The lowest BCUT2D eigenvalue weighted by Crippen LogP contribution is -2.13. The van der Waals surface area contributed by atoms with E-state index in [1.165, 1.54) is 0 Å². The molecule has 3 nitrogen and oxygen atoms in total. The predicted octanol–water partition coefficient (Wildman–Crippen LogP) is 2.34. The van der Waals surface area contributed by atoms with Crippen LogP contribution in [-0.2, 0) is 0 Å². The van der Waals surface area contributed by atoms with Crippen LogP contribution < -0.4 is 9.64 Å². The SMILES string of the molecule is CN(C)c1nccc(Cl)c1OC1CC1. The van der Waals surface area contributed by atoms with Crippen LogP contribution in [0.25, 0.3) is 0 Å². The quantitative estimate of drug-likeness (QED) is 0.769. The maximum atomic E-state index is 6.05. The summed E-state index contributed by atoms with van der Waals surface area (Å²) in [5.41, 5.74) is 0. The normalized spacial score (nSPS) is 15.4. The van der Waals surface area contributed by atoms with Crippen LogP contribution in [0.5, 0.6) is 5.75 Å². The molecule has 1 aliphatic carbocycles. The molecule has 1 aliphatic rings. The second-order valence-corrected chi connectivity index (χ2v) is 4.06. The molecule has 1 aromatic rings. The highest BCUT2D eigenvalue weighted by atomic mass is 35.5. The van der Waals surface area contributed by atoms with Crippen molar-refractivity contribution in [1.82, 2.24) is 4.98 Å². The maximum Gasteiger partial charge on any atom is 0.180 e. The molecule has 0 aliphatic heterocycles. The summed E-state index contributed by atoms with van der Waals surface area (Å²) in [6.45, 7) is 0. The van der Waals surface area contributed by atoms with E-state index in [1.807, 2.05) is 19.0 Å². The molecule has 0 amide bonds. The van der Waals surface area contributed by atoms with Crippen molar-refractivity contribution in [3.05, 3.63) is 17.3 Å². The summed E-state index contributed by atoms with van der Waals surface area (Å²) in [6, 6.07) is 1.76. The fourth-order valence-electron chi connectivity index (χ4n) is 1.19. The number of hydrogen-bond donors (Lipinski definition) is 0. The number of aromatic nitrogens is 1. The van der Waals surface area contributed by atoms with Crippen LogP contribution in [0, 0.1) is 0 Å². The van der Waals surface area contributed by atoms with Crippen molar-refractivity contribution < 1.29 is 4.74 Å². The fourth-order valence-corrected chi connectivity index (χ4v) is 1.38. The number of nitrogens with zero attached hydrogens (tertiary/aromatic N) is 2. The lowest BCUT2D eigenvalue weighted by Gasteiger charge is -2.17. The highest BCUT2D eigenvalue weighted by Gasteiger charge is 2.26. The van der Waals surface area contributed by atoms with Crippen LogP contribution in [0.2, 0.25) is 5.02 Å². The average molecular weight is 213 g/mol. The van der Waals surface area contributed by atoms with Gasteiger partial charge in [0, 0.05) is 20.3 Å². The Balaban J connectivity index is 2.31. The standard InChI is InChI=1S/C10H13ClN2O/c1-13(2)10-9(14-7-3-4-7)8(11)5-6-12-10/h5-7H,3-4H2,1-2H3. The zero-order valence-corrected chi connectivity index (χ0v) is 9.08. The van der Waals surface area contributed by atoms with Gasteiger partial charge in [-0.05, 0) is 18.9 Å². The largest absolute Gasteiger partial charge is 0.485 e. The molecule has 0 radical (unpaired) electrons. The molecule has 1 aromatic heterocycles. The van der Waals surface area contributed by atoms with Gasteiger partial charge in [-0.3, -0.25) is 0 Å². The van der Waals surface area contributed by atoms with Crippen molar-refractivity contribution in [2.75, 3.05) is 19.0 Å². The summed E-state index contributed by atoms with van der Waals surface area (Å²) in [7, 11) is 3.86. The van der Waals surface area contributed by atoms with Gasteiger partial charge in [-0.25, -0.2) is 4.98 Å². The van der Waals surface area contributed by atoms with E-state index in [2.05, 4.69) is 4.98 Å². The van der Waals surface area contributed by atoms with Crippen molar-refractivity contribution in [2.45, 2.75) is 18.9 Å². The van der Waals surface area contributed by atoms with Crippen molar-refractivity contribution in [2.24, 2.45) is 0 Å². The second kappa shape index (κ2) is 3.65. The molecule has 0 aromatic carbocycles. The van der Waals surface area contributed by atoms with Gasteiger partial charge in [0.05, 0.1) is 11.1 Å². The summed E-state index contributed by atoms with van der Waals surface area (Å²) in [5.74, 6) is 1.51. The molecular formula is C10H13ClN2O. The van der Waals surface area contributed by atoms with Crippen molar-refractivity contribution in [1.29, 1.82) is 0 Å². The summed E-state index contributed by atoms with van der Waals surface area (Å²) < 4.78 is 5.71. The second-order valence-electron chi connectivity index (χ2n) is 3.66. The minimum Gasteiger partial charge on any atom is -0.485 e. The Morgan fingerprint density at radius 1 is 1.50 bits per heavy atom. The van der Waals surface area contributed by atoms with Gasteiger partial charge >= 0.3 is 0 Å². The van der Waals surface area contributed by atoms with Gasteiger partial charge < -0.3 is 9.64 Å². The molecule has 4 heteroatoms. The van der Waals surface area contributed by atoms with E-state index in [0.717, 1.165) is 18.7 Å². The third kappa shape index (κ3) is 1.93. The molecule has 2 rings (SSSR count). The topological polar surface area (TPSA) is 25.4 Å². The van der Waals surface area contributed by atoms with Gasteiger partial charge in [-0.2, -0.15) is 0 Å². The third-order valence-electron chi connectivity index (χ3n) is 2.07. The highest BCUT2D eigenvalue weighted by Crippen LogP contribution is 2.37. The van der Waals surface area contributed by atoms with Gasteiger partial charge in [0.2, 0.25) is 0 Å². The molecule has 0 spiro atoms. The van der Waals surface area contributed by atoms with Crippen LogP contribution in [0.4, 0.5) is 5.82 Å². The molecule has 0 bridgehead atoms. The lowest BCUT2D eigenvalue weighted by atomic mass is 10.4. The van der Waals surface area contributed by atoms with Crippen molar-refractivity contribution in [3.8, 4) is 5.75 Å². The maximum absolute atomic E-state index is 6.05. The molecule has 76 valence electrons. The molecule has 1 saturated carbocycles. The van der Waals surface area contributed by atoms with E-state index in [-0.39, 0.29) is 0 Å². The molecule has 0 unspecified atom stereocenters. The average Bonchev–Trinajstić information content (AvgIpc) is 2.91. The van der Waals surface area contributed by atoms with Crippen molar-refractivity contribution in [3.63, 3.8) is 0 Å². The van der Waals surface area contributed by atoms with Crippen LogP contribution in [0.1, 0.15) is 12.8 Å². The van der Waals surface area contributed by atoms with Gasteiger partial charge in [-0.1, -0.05) is 11.6 Å². The van der Waals surface area contributed by atoms with Crippen LogP contribution in [0.15, 0.2) is 12.3 Å². The van der Waals surface area contributed by atoms with Gasteiger partial charge in [0.15, 0.2) is 11.6 Å². The number of halogens is 1. The Morgan fingerprint density at radius 2 is 2.21 bits per heavy atom. The molecule has 0 atom stereocenters. The Morgan fingerprint density at radius 3 is 2.79 bits per heavy atom. The van der Waals surface area contributed by atoms with Crippen LogP contribution in [0.3, 0.4) is 0 Å². The highest BCUT2D eigenvalue weighted by molar-refractivity contribution is 6.32. The zero-order valence-electron chi connectivity index (χ0n) is 8.33. The number of ether oxygens (including phenoxy) is 1. The van der Waals surface area contributed by atoms with Gasteiger partial charge in [-0.15, -0.1) is 0 Å².